The maximum atomic E-state index is 12.1. The Bertz CT molecular complexity index is 722. The molecule has 0 aliphatic rings. The van der Waals surface area contributed by atoms with Gasteiger partial charge in [-0.2, -0.15) is 0 Å². The summed E-state index contributed by atoms with van der Waals surface area (Å²) in [6.45, 7) is 5.96. The molecule has 0 unspecified atom stereocenters. The number of carbonyl (C=O) groups excluding carboxylic acids is 1. The van der Waals surface area contributed by atoms with E-state index in [1.165, 1.54) is 6.07 Å². The summed E-state index contributed by atoms with van der Waals surface area (Å²) in [6.07, 6.45) is 0. The Morgan fingerprint density at radius 1 is 1.43 bits per heavy atom. The summed E-state index contributed by atoms with van der Waals surface area (Å²) < 4.78 is 1.55. The number of fused-ring (bicyclic) bond motifs is 1. The minimum absolute atomic E-state index is 0.0213. The largest absolute Gasteiger partial charge is 0.475 e. The zero-order valence-electron chi connectivity index (χ0n) is 12.0. The number of carboxylic acid groups (broad SMARTS) is 1. The zero-order valence-corrected chi connectivity index (χ0v) is 12.7. The van der Waals surface area contributed by atoms with Crippen LogP contribution in [0.25, 0.3) is 11.0 Å². The number of imidazole rings is 1. The van der Waals surface area contributed by atoms with Gasteiger partial charge >= 0.3 is 5.97 Å². The molecule has 0 bridgehead atoms. The Labute approximate surface area is 126 Å². The molecule has 0 atom stereocenters. The lowest BCUT2D eigenvalue weighted by molar-refractivity contribution is 0.0678. The van der Waals surface area contributed by atoms with Crippen LogP contribution in [0.1, 0.15) is 41.7 Å². The number of hydrogen-bond donors (Lipinski definition) is 2. The van der Waals surface area contributed by atoms with Gasteiger partial charge in [0.25, 0.3) is 5.91 Å². The molecule has 1 aromatic carbocycles. The Morgan fingerprint density at radius 2 is 2.10 bits per heavy atom. The highest BCUT2D eigenvalue weighted by Gasteiger charge is 2.19. The van der Waals surface area contributed by atoms with Crippen molar-refractivity contribution >= 4 is 34.5 Å². The van der Waals surface area contributed by atoms with Crippen molar-refractivity contribution in [1.29, 1.82) is 0 Å². The molecule has 0 aliphatic carbocycles. The van der Waals surface area contributed by atoms with E-state index in [1.807, 2.05) is 20.8 Å². The molecule has 0 fully saturated rings. The lowest BCUT2D eigenvalue weighted by Crippen LogP contribution is -2.30. The second kappa shape index (κ2) is 5.73. The van der Waals surface area contributed by atoms with Gasteiger partial charge in [-0.25, -0.2) is 9.78 Å². The molecule has 2 rings (SSSR count). The van der Waals surface area contributed by atoms with Crippen molar-refractivity contribution in [3.8, 4) is 0 Å². The second-order valence-corrected chi connectivity index (χ2v) is 5.34. The van der Waals surface area contributed by atoms with E-state index in [9.17, 15) is 9.59 Å². The average molecular weight is 310 g/mol. The van der Waals surface area contributed by atoms with Crippen molar-refractivity contribution in [2.75, 3.05) is 0 Å². The number of carbonyl (C=O) groups is 2. The molecule has 1 amide bonds. The van der Waals surface area contributed by atoms with Crippen LogP contribution < -0.4 is 5.32 Å². The molecular weight excluding hydrogens is 294 g/mol. The van der Waals surface area contributed by atoms with Crippen molar-refractivity contribution in [1.82, 2.24) is 14.9 Å². The highest BCUT2D eigenvalue weighted by atomic mass is 35.5. The van der Waals surface area contributed by atoms with Gasteiger partial charge in [0, 0.05) is 12.6 Å². The first kappa shape index (κ1) is 15.3. The second-order valence-electron chi connectivity index (χ2n) is 4.93. The standard InChI is InChI=1S/C14H16ClN3O3/c1-4-18-11-6-9(15)8(13(19)16-7(2)3)5-10(11)17-12(18)14(20)21/h5-7H,4H2,1-3H3,(H,16,19)(H,20,21). The molecule has 7 heteroatoms. The predicted molar refractivity (Wildman–Crippen MR) is 80.0 cm³/mol. The highest BCUT2D eigenvalue weighted by Crippen LogP contribution is 2.25. The van der Waals surface area contributed by atoms with Crippen LogP contribution in [0.2, 0.25) is 5.02 Å². The van der Waals surface area contributed by atoms with Gasteiger partial charge in [-0.1, -0.05) is 11.6 Å². The summed E-state index contributed by atoms with van der Waals surface area (Å²) in [7, 11) is 0. The van der Waals surface area contributed by atoms with Gasteiger partial charge < -0.3 is 15.0 Å². The fourth-order valence-electron chi connectivity index (χ4n) is 2.14. The van der Waals surface area contributed by atoms with Crippen molar-refractivity contribution in [2.45, 2.75) is 33.4 Å². The molecule has 0 spiro atoms. The first-order valence-electron chi connectivity index (χ1n) is 6.59. The van der Waals surface area contributed by atoms with E-state index in [2.05, 4.69) is 10.3 Å². The van der Waals surface area contributed by atoms with Gasteiger partial charge in [-0.15, -0.1) is 0 Å². The Morgan fingerprint density at radius 3 is 2.62 bits per heavy atom. The predicted octanol–water partition coefficient (Wildman–Crippen LogP) is 2.55. The van der Waals surface area contributed by atoms with Crippen LogP contribution in [-0.4, -0.2) is 32.6 Å². The third kappa shape index (κ3) is 2.85. The normalized spacial score (nSPS) is 11.1. The SMILES string of the molecule is CCn1c(C(=O)O)nc2cc(C(=O)NC(C)C)c(Cl)cc21. The quantitative estimate of drug-likeness (QED) is 0.909. The first-order valence-corrected chi connectivity index (χ1v) is 6.96. The van der Waals surface area contributed by atoms with Gasteiger partial charge in [0.1, 0.15) is 0 Å². The molecule has 1 aromatic heterocycles. The van der Waals surface area contributed by atoms with E-state index in [-0.39, 0.29) is 28.4 Å². The number of nitrogens with one attached hydrogen (secondary N) is 1. The third-order valence-electron chi connectivity index (χ3n) is 3.01. The molecule has 2 N–H and O–H groups in total. The average Bonchev–Trinajstić information content (AvgIpc) is 2.74. The number of benzene rings is 1. The van der Waals surface area contributed by atoms with Crippen LogP contribution in [0.3, 0.4) is 0 Å². The monoisotopic (exact) mass is 309 g/mol. The third-order valence-corrected chi connectivity index (χ3v) is 3.32. The van der Waals surface area contributed by atoms with E-state index in [0.717, 1.165) is 0 Å². The summed E-state index contributed by atoms with van der Waals surface area (Å²) in [4.78, 5) is 27.3. The molecule has 2 aromatic rings. The highest BCUT2D eigenvalue weighted by molar-refractivity contribution is 6.34. The smallest absolute Gasteiger partial charge is 0.372 e. The minimum atomic E-state index is -1.11. The van der Waals surface area contributed by atoms with Crippen molar-refractivity contribution in [2.24, 2.45) is 0 Å². The maximum Gasteiger partial charge on any atom is 0.372 e. The number of nitrogens with zero attached hydrogens (tertiary/aromatic N) is 2. The lowest BCUT2D eigenvalue weighted by Gasteiger charge is -2.10. The van der Waals surface area contributed by atoms with Gasteiger partial charge in [-0.3, -0.25) is 4.79 Å². The minimum Gasteiger partial charge on any atom is -0.475 e. The van der Waals surface area contributed by atoms with Crippen LogP contribution in [-0.2, 0) is 6.54 Å². The fraction of sp³-hybridized carbons (Fsp3) is 0.357. The molecule has 0 aliphatic heterocycles. The summed E-state index contributed by atoms with van der Waals surface area (Å²) in [6, 6.07) is 3.08. The van der Waals surface area contributed by atoms with Crippen LogP contribution in [0.4, 0.5) is 0 Å². The fourth-order valence-corrected chi connectivity index (χ4v) is 2.39. The van der Waals surface area contributed by atoms with Crippen LogP contribution >= 0.6 is 11.6 Å². The van der Waals surface area contributed by atoms with Crippen molar-refractivity contribution in [3.05, 3.63) is 28.5 Å². The number of amides is 1. The summed E-state index contributed by atoms with van der Waals surface area (Å²) in [5.74, 6) is -1.48. The van der Waals surface area contributed by atoms with Gasteiger partial charge in [0.15, 0.2) is 0 Å². The maximum absolute atomic E-state index is 12.1. The van der Waals surface area contributed by atoms with Gasteiger partial charge in [-0.05, 0) is 32.9 Å². The van der Waals surface area contributed by atoms with Gasteiger partial charge in [0.05, 0.1) is 21.6 Å². The molecule has 0 radical (unpaired) electrons. The number of hydrogen-bond acceptors (Lipinski definition) is 3. The van der Waals surface area contributed by atoms with E-state index in [4.69, 9.17) is 16.7 Å². The number of carboxylic acids is 1. The summed E-state index contributed by atoms with van der Waals surface area (Å²) >= 11 is 6.15. The molecule has 112 valence electrons. The number of aryl methyl sites for hydroxylation is 1. The molecule has 6 nitrogen and oxygen atoms in total. The van der Waals surface area contributed by atoms with Crippen molar-refractivity contribution in [3.63, 3.8) is 0 Å². The molecule has 0 saturated heterocycles. The van der Waals surface area contributed by atoms with E-state index >= 15 is 0 Å². The number of halogens is 1. The lowest BCUT2D eigenvalue weighted by atomic mass is 10.1. The molecule has 1 heterocycles. The number of aromatic carboxylic acids is 1. The Balaban J connectivity index is 2.61. The summed E-state index contributed by atoms with van der Waals surface area (Å²) in [5.41, 5.74) is 1.32. The summed E-state index contributed by atoms with van der Waals surface area (Å²) in [5, 5.41) is 12.2. The molecule has 0 saturated carbocycles. The first-order chi connectivity index (χ1) is 9.85. The number of rotatable bonds is 4. The molecule has 21 heavy (non-hydrogen) atoms. The molecular formula is C14H16ClN3O3. The van der Waals surface area contributed by atoms with Crippen LogP contribution in [0.5, 0.6) is 0 Å². The van der Waals surface area contributed by atoms with E-state index < -0.39 is 5.97 Å². The van der Waals surface area contributed by atoms with E-state index in [1.54, 1.807) is 10.6 Å². The zero-order chi connectivity index (χ0) is 15.7. The van der Waals surface area contributed by atoms with E-state index in [0.29, 0.717) is 17.6 Å². The Hall–Kier alpha value is -2.08. The van der Waals surface area contributed by atoms with Crippen molar-refractivity contribution < 1.29 is 14.7 Å². The Kier molecular flexibility index (Phi) is 4.18. The van der Waals surface area contributed by atoms with Gasteiger partial charge in [0.2, 0.25) is 5.82 Å². The number of aromatic nitrogens is 2. The van der Waals surface area contributed by atoms with Crippen LogP contribution in [0, 0.1) is 0 Å². The van der Waals surface area contributed by atoms with Crippen LogP contribution in [0.15, 0.2) is 12.1 Å². The topological polar surface area (TPSA) is 84.2 Å².